The fourth-order valence-corrected chi connectivity index (χ4v) is 3.83. The van der Waals surface area contributed by atoms with Crippen molar-refractivity contribution >= 4 is 34.2 Å². The van der Waals surface area contributed by atoms with Gasteiger partial charge in [-0.3, -0.25) is 4.79 Å². The molecule has 140 valence electrons. The van der Waals surface area contributed by atoms with Crippen LogP contribution in [0.5, 0.6) is 0 Å². The number of nitrogens with one attached hydrogen (secondary N) is 1. The zero-order valence-electron chi connectivity index (χ0n) is 15.4. The van der Waals surface area contributed by atoms with Gasteiger partial charge in [-0.05, 0) is 53.3 Å². The third-order valence-corrected chi connectivity index (χ3v) is 5.48. The lowest BCUT2D eigenvalue weighted by molar-refractivity contribution is 1.25. The van der Waals surface area contributed by atoms with Crippen molar-refractivity contribution in [2.24, 2.45) is 0 Å². The van der Waals surface area contributed by atoms with Crippen LogP contribution in [-0.4, -0.2) is 15.7 Å². The van der Waals surface area contributed by atoms with Gasteiger partial charge >= 0.3 is 0 Å². The molecule has 2 aromatic heterocycles. The molecule has 0 atom stereocenters. The van der Waals surface area contributed by atoms with E-state index in [4.69, 9.17) is 11.5 Å². The topological polar surface area (TPSA) is 97.8 Å². The van der Waals surface area contributed by atoms with Gasteiger partial charge in [0.2, 0.25) is 0 Å². The first-order valence-electron chi connectivity index (χ1n) is 8.97. The molecule has 2 heterocycles. The summed E-state index contributed by atoms with van der Waals surface area (Å²) in [4.78, 5) is 20.0. The molecule has 0 bridgehead atoms. The SMILES string of the molecule is CCSc1ccc(-c2cc3cc(-c4c[nH]c(=O)c(N)c4)ccc3nc2N)cc1. The number of benzene rings is 2. The first-order valence-corrected chi connectivity index (χ1v) is 9.96. The van der Waals surface area contributed by atoms with E-state index in [2.05, 4.69) is 47.2 Å². The van der Waals surface area contributed by atoms with Gasteiger partial charge in [-0.25, -0.2) is 4.98 Å². The molecule has 0 spiro atoms. The number of aromatic amines is 1. The minimum atomic E-state index is -0.286. The number of pyridine rings is 2. The highest BCUT2D eigenvalue weighted by atomic mass is 32.2. The summed E-state index contributed by atoms with van der Waals surface area (Å²) in [6.07, 6.45) is 1.66. The summed E-state index contributed by atoms with van der Waals surface area (Å²) in [6.45, 7) is 2.14. The largest absolute Gasteiger partial charge is 0.394 e. The van der Waals surface area contributed by atoms with Gasteiger partial charge in [0.25, 0.3) is 5.56 Å². The first-order chi connectivity index (χ1) is 13.5. The van der Waals surface area contributed by atoms with Crippen LogP contribution in [0.4, 0.5) is 11.5 Å². The standard InChI is InChI=1S/C22H20N4OS/c1-2-28-17-6-3-13(4-7-17)18-10-15-9-14(5-8-20(15)26-21(18)24)16-11-19(23)22(27)25-12-16/h3-12H,2,23H2,1H3,(H2,24,26)(H,25,27). The number of hydrogen-bond donors (Lipinski definition) is 3. The quantitative estimate of drug-likeness (QED) is 0.446. The summed E-state index contributed by atoms with van der Waals surface area (Å²) in [6, 6.07) is 18.0. The van der Waals surface area contributed by atoms with Crippen molar-refractivity contribution in [3.05, 3.63) is 71.1 Å². The number of aromatic nitrogens is 2. The third kappa shape index (κ3) is 3.46. The van der Waals surface area contributed by atoms with Crippen LogP contribution in [0.1, 0.15) is 6.92 Å². The number of hydrogen-bond acceptors (Lipinski definition) is 5. The highest BCUT2D eigenvalue weighted by molar-refractivity contribution is 7.99. The molecule has 0 saturated carbocycles. The van der Waals surface area contributed by atoms with Gasteiger partial charge in [0, 0.05) is 27.6 Å². The highest BCUT2D eigenvalue weighted by Crippen LogP contribution is 2.32. The molecular weight excluding hydrogens is 368 g/mol. The Balaban J connectivity index is 1.79. The van der Waals surface area contributed by atoms with Crippen LogP contribution in [0.25, 0.3) is 33.2 Å². The summed E-state index contributed by atoms with van der Waals surface area (Å²) in [7, 11) is 0. The zero-order valence-corrected chi connectivity index (χ0v) is 16.2. The van der Waals surface area contributed by atoms with Gasteiger partial charge in [0.15, 0.2) is 0 Å². The fourth-order valence-electron chi connectivity index (χ4n) is 3.17. The van der Waals surface area contributed by atoms with Crippen LogP contribution < -0.4 is 17.0 Å². The second kappa shape index (κ2) is 7.40. The van der Waals surface area contributed by atoms with Crippen LogP contribution in [-0.2, 0) is 0 Å². The van der Waals surface area contributed by atoms with E-state index in [1.54, 1.807) is 24.0 Å². The number of H-pyrrole nitrogens is 1. The van der Waals surface area contributed by atoms with Gasteiger partial charge < -0.3 is 16.5 Å². The molecule has 0 aliphatic heterocycles. The summed E-state index contributed by atoms with van der Waals surface area (Å²) < 4.78 is 0. The molecule has 5 N–H and O–H groups in total. The Kier molecular flexibility index (Phi) is 4.79. The van der Waals surface area contributed by atoms with Crippen LogP contribution in [0.3, 0.4) is 0 Å². The van der Waals surface area contributed by atoms with E-state index in [1.807, 2.05) is 18.2 Å². The van der Waals surface area contributed by atoms with Gasteiger partial charge in [-0.15, -0.1) is 11.8 Å². The second-order valence-corrected chi connectivity index (χ2v) is 7.80. The van der Waals surface area contributed by atoms with Crippen molar-refractivity contribution < 1.29 is 0 Å². The molecule has 4 rings (SSSR count). The summed E-state index contributed by atoms with van der Waals surface area (Å²) >= 11 is 1.81. The first kappa shape index (κ1) is 18.1. The van der Waals surface area contributed by atoms with Crippen molar-refractivity contribution in [3.8, 4) is 22.3 Å². The Morgan fingerprint density at radius 1 is 0.964 bits per heavy atom. The minimum absolute atomic E-state index is 0.193. The molecule has 0 aliphatic rings. The predicted octanol–water partition coefficient (Wildman–Crippen LogP) is 4.53. The summed E-state index contributed by atoms with van der Waals surface area (Å²) in [5.41, 5.74) is 16.4. The molecule has 0 unspecified atom stereocenters. The number of fused-ring (bicyclic) bond motifs is 1. The molecule has 2 aromatic carbocycles. The molecule has 4 aromatic rings. The Morgan fingerprint density at radius 2 is 1.71 bits per heavy atom. The zero-order chi connectivity index (χ0) is 19.7. The lowest BCUT2D eigenvalue weighted by atomic mass is 10.0. The Hall–Kier alpha value is -3.25. The fraction of sp³-hybridized carbons (Fsp3) is 0.0909. The molecule has 0 saturated heterocycles. The second-order valence-electron chi connectivity index (χ2n) is 6.46. The Bertz CT molecular complexity index is 1220. The van der Waals surface area contributed by atoms with Crippen molar-refractivity contribution in [2.45, 2.75) is 11.8 Å². The molecule has 0 radical (unpaired) electrons. The van der Waals surface area contributed by atoms with Crippen molar-refractivity contribution in [1.29, 1.82) is 0 Å². The van der Waals surface area contributed by atoms with Gasteiger partial charge in [-0.1, -0.05) is 25.1 Å². The lowest BCUT2D eigenvalue weighted by Crippen LogP contribution is -2.10. The maximum absolute atomic E-state index is 11.5. The average molecular weight is 388 g/mol. The average Bonchev–Trinajstić information content (AvgIpc) is 2.70. The number of nitrogens with zero attached hydrogens (tertiary/aromatic N) is 1. The van der Waals surface area contributed by atoms with E-state index in [-0.39, 0.29) is 11.2 Å². The molecule has 0 fully saturated rings. The van der Waals surface area contributed by atoms with Crippen LogP contribution in [0, 0.1) is 0 Å². The van der Waals surface area contributed by atoms with Gasteiger partial charge in [0.1, 0.15) is 5.82 Å². The molecule has 0 amide bonds. The molecular formula is C22H20N4OS. The molecule has 6 heteroatoms. The summed E-state index contributed by atoms with van der Waals surface area (Å²) in [5.74, 6) is 1.54. The van der Waals surface area contributed by atoms with Gasteiger partial charge in [-0.2, -0.15) is 0 Å². The minimum Gasteiger partial charge on any atom is -0.394 e. The maximum atomic E-state index is 11.5. The number of rotatable bonds is 4. The highest BCUT2D eigenvalue weighted by Gasteiger charge is 2.09. The van der Waals surface area contributed by atoms with Crippen LogP contribution in [0.15, 0.2) is 70.5 Å². The number of nitrogen functional groups attached to an aromatic ring is 2. The van der Waals surface area contributed by atoms with Crippen LogP contribution in [0.2, 0.25) is 0 Å². The lowest BCUT2D eigenvalue weighted by Gasteiger charge is -2.10. The van der Waals surface area contributed by atoms with Crippen LogP contribution >= 0.6 is 11.8 Å². The molecule has 5 nitrogen and oxygen atoms in total. The number of nitrogens with two attached hydrogens (primary N) is 2. The van der Waals surface area contributed by atoms with Crippen molar-refractivity contribution in [1.82, 2.24) is 9.97 Å². The predicted molar refractivity (Wildman–Crippen MR) is 118 cm³/mol. The van der Waals surface area contributed by atoms with Crippen molar-refractivity contribution in [2.75, 3.05) is 17.2 Å². The Labute approximate surface area is 166 Å². The van der Waals surface area contributed by atoms with E-state index in [0.29, 0.717) is 5.82 Å². The van der Waals surface area contributed by atoms with E-state index in [9.17, 15) is 4.79 Å². The van der Waals surface area contributed by atoms with E-state index in [1.165, 1.54) is 4.90 Å². The number of anilines is 2. The smallest absolute Gasteiger partial charge is 0.271 e. The van der Waals surface area contributed by atoms with Crippen molar-refractivity contribution in [3.63, 3.8) is 0 Å². The number of thioether (sulfide) groups is 1. The normalized spacial score (nSPS) is 11.0. The van der Waals surface area contributed by atoms with E-state index >= 15 is 0 Å². The van der Waals surface area contributed by atoms with E-state index < -0.39 is 0 Å². The third-order valence-electron chi connectivity index (χ3n) is 4.59. The molecule has 28 heavy (non-hydrogen) atoms. The van der Waals surface area contributed by atoms with Gasteiger partial charge in [0.05, 0.1) is 11.2 Å². The van der Waals surface area contributed by atoms with E-state index in [0.717, 1.165) is 38.9 Å². The Morgan fingerprint density at radius 3 is 2.43 bits per heavy atom. The summed E-state index contributed by atoms with van der Waals surface area (Å²) in [5, 5.41) is 0.971. The monoisotopic (exact) mass is 388 g/mol. The molecule has 0 aliphatic carbocycles. The maximum Gasteiger partial charge on any atom is 0.271 e.